The molecule has 0 aromatic heterocycles. The number of rotatable bonds is 10. The van der Waals surface area contributed by atoms with Crippen LogP contribution >= 0.6 is 0 Å². The monoisotopic (exact) mass is 374 g/mol. The van der Waals surface area contributed by atoms with Crippen molar-refractivity contribution in [3.63, 3.8) is 0 Å². The van der Waals surface area contributed by atoms with E-state index in [4.69, 9.17) is 20.0 Å². The number of benzene rings is 1. The number of amides is 1. The molecule has 0 unspecified atom stereocenters. The summed E-state index contributed by atoms with van der Waals surface area (Å²) in [4.78, 5) is 35.8. The molecule has 1 aromatic carbocycles. The zero-order chi connectivity index (χ0) is 20.2. The Hall–Kier alpha value is -3.66. The Kier molecular flexibility index (Phi) is 8.75. The van der Waals surface area contributed by atoms with Crippen molar-refractivity contribution in [2.45, 2.75) is 19.8 Å². The normalized spacial score (nSPS) is 9.59. The van der Waals surface area contributed by atoms with Gasteiger partial charge in [0.05, 0.1) is 42.1 Å². The number of ether oxygens (including phenoxy) is 2. The Morgan fingerprint density at radius 1 is 1.22 bits per heavy atom. The molecule has 0 heterocycles. The standard InChI is InChI=1S/C17H18N4O6/c1-2-26-15-6-5-13(11-14(15)21(24)25)17(23)27-12-16(22)20(9-3-7-18)10-4-8-19/h5-6,11H,2-4,9-10,12H2,1H3. The summed E-state index contributed by atoms with van der Waals surface area (Å²) < 4.78 is 10.0. The minimum absolute atomic E-state index is 0.0225. The first-order valence-electron chi connectivity index (χ1n) is 8.04. The topological polar surface area (TPSA) is 147 Å². The molecule has 0 spiro atoms. The zero-order valence-corrected chi connectivity index (χ0v) is 14.7. The van der Waals surface area contributed by atoms with Gasteiger partial charge in [-0.1, -0.05) is 0 Å². The highest BCUT2D eigenvalue weighted by molar-refractivity contribution is 5.92. The lowest BCUT2D eigenvalue weighted by molar-refractivity contribution is -0.385. The molecule has 0 N–H and O–H groups in total. The van der Waals surface area contributed by atoms with E-state index in [1.807, 2.05) is 12.1 Å². The molecule has 10 nitrogen and oxygen atoms in total. The number of nitro groups is 1. The maximum Gasteiger partial charge on any atom is 0.338 e. The fourth-order valence-electron chi connectivity index (χ4n) is 2.10. The van der Waals surface area contributed by atoms with Crippen LogP contribution in [0.4, 0.5) is 5.69 Å². The van der Waals surface area contributed by atoms with Gasteiger partial charge in [0.2, 0.25) is 0 Å². The van der Waals surface area contributed by atoms with Gasteiger partial charge in [-0.05, 0) is 19.1 Å². The van der Waals surface area contributed by atoms with Crippen molar-refractivity contribution in [1.82, 2.24) is 4.90 Å². The van der Waals surface area contributed by atoms with E-state index in [1.165, 1.54) is 17.0 Å². The van der Waals surface area contributed by atoms with Gasteiger partial charge in [-0.3, -0.25) is 14.9 Å². The maximum atomic E-state index is 12.1. The fraction of sp³-hybridized carbons (Fsp3) is 0.412. The largest absolute Gasteiger partial charge is 0.487 e. The van der Waals surface area contributed by atoms with Crippen LogP contribution in [0.25, 0.3) is 0 Å². The minimum Gasteiger partial charge on any atom is -0.487 e. The lowest BCUT2D eigenvalue weighted by Gasteiger charge is -2.20. The zero-order valence-electron chi connectivity index (χ0n) is 14.7. The van der Waals surface area contributed by atoms with Crippen LogP contribution in [0, 0.1) is 32.8 Å². The van der Waals surface area contributed by atoms with Crippen LogP contribution in [0.3, 0.4) is 0 Å². The van der Waals surface area contributed by atoms with Crippen LogP contribution in [0.15, 0.2) is 18.2 Å². The Bertz CT molecular complexity index is 763. The first-order chi connectivity index (χ1) is 12.9. The van der Waals surface area contributed by atoms with Crippen molar-refractivity contribution in [2.24, 2.45) is 0 Å². The van der Waals surface area contributed by atoms with Crippen molar-refractivity contribution in [1.29, 1.82) is 10.5 Å². The Morgan fingerprint density at radius 2 is 1.85 bits per heavy atom. The Balaban J connectivity index is 2.79. The molecule has 1 rings (SSSR count). The van der Waals surface area contributed by atoms with Gasteiger partial charge in [-0.2, -0.15) is 10.5 Å². The van der Waals surface area contributed by atoms with Crippen molar-refractivity contribution < 1.29 is 24.0 Å². The highest BCUT2D eigenvalue weighted by Gasteiger charge is 2.21. The summed E-state index contributed by atoms with van der Waals surface area (Å²) in [5.74, 6) is -1.45. The van der Waals surface area contributed by atoms with Crippen LogP contribution in [0.5, 0.6) is 5.75 Å². The molecule has 1 amide bonds. The summed E-state index contributed by atoms with van der Waals surface area (Å²) in [5, 5.41) is 28.3. The number of nitro benzene ring substituents is 1. The highest BCUT2D eigenvalue weighted by atomic mass is 16.6. The molecule has 27 heavy (non-hydrogen) atoms. The fourth-order valence-corrected chi connectivity index (χ4v) is 2.10. The molecule has 0 atom stereocenters. The smallest absolute Gasteiger partial charge is 0.338 e. The van der Waals surface area contributed by atoms with Crippen LogP contribution in [0.1, 0.15) is 30.1 Å². The summed E-state index contributed by atoms with van der Waals surface area (Å²) in [7, 11) is 0. The van der Waals surface area contributed by atoms with E-state index in [2.05, 4.69) is 0 Å². The van der Waals surface area contributed by atoms with Crippen molar-refractivity contribution in [3.8, 4) is 17.9 Å². The molecule has 1 aromatic rings. The third-order valence-electron chi connectivity index (χ3n) is 3.36. The van der Waals surface area contributed by atoms with Gasteiger partial charge in [-0.15, -0.1) is 0 Å². The van der Waals surface area contributed by atoms with Gasteiger partial charge in [0, 0.05) is 19.2 Å². The molecule has 0 aliphatic carbocycles. The van der Waals surface area contributed by atoms with Crippen LogP contribution in [-0.2, 0) is 9.53 Å². The second kappa shape index (κ2) is 11.1. The molecule has 0 fully saturated rings. The van der Waals surface area contributed by atoms with E-state index in [0.717, 1.165) is 6.07 Å². The first kappa shape index (κ1) is 21.4. The van der Waals surface area contributed by atoms with Crippen LogP contribution in [0.2, 0.25) is 0 Å². The summed E-state index contributed by atoms with van der Waals surface area (Å²) in [6.07, 6.45) is 0.159. The van der Waals surface area contributed by atoms with Crippen LogP contribution in [-0.4, -0.2) is 48.0 Å². The molecule has 0 aliphatic heterocycles. The van der Waals surface area contributed by atoms with E-state index in [-0.39, 0.29) is 49.5 Å². The molecular weight excluding hydrogens is 356 g/mol. The number of carbonyl (C=O) groups is 2. The number of hydrogen-bond acceptors (Lipinski definition) is 8. The van der Waals surface area contributed by atoms with Gasteiger partial charge in [0.15, 0.2) is 12.4 Å². The van der Waals surface area contributed by atoms with Gasteiger partial charge in [-0.25, -0.2) is 4.79 Å². The molecule has 0 saturated carbocycles. The molecule has 0 bridgehead atoms. The summed E-state index contributed by atoms with van der Waals surface area (Å²) >= 11 is 0. The molecule has 10 heteroatoms. The highest BCUT2D eigenvalue weighted by Crippen LogP contribution is 2.28. The molecule has 0 saturated heterocycles. The van der Waals surface area contributed by atoms with Gasteiger partial charge >= 0.3 is 11.7 Å². The van der Waals surface area contributed by atoms with Crippen molar-refractivity contribution in [3.05, 3.63) is 33.9 Å². The third-order valence-corrected chi connectivity index (χ3v) is 3.36. The predicted octanol–water partition coefficient (Wildman–Crippen LogP) is 1.81. The number of nitriles is 2. The Morgan fingerprint density at radius 3 is 2.37 bits per heavy atom. The van der Waals surface area contributed by atoms with Crippen molar-refractivity contribution in [2.75, 3.05) is 26.3 Å². The molecule has 0 aliphatic rings. The number of esters is 1. The number of nitrogens with zero attached hydrogens (tertiary/aromatic N) is 4. The summed E-state index contributed by atoms with van der Waals surface area (Å²) in [6.45, 7) is 1.52. The average molecular weight is 374 g/mol. The lowest BCUT2D eigenvalue weighted by Crippen LogP contribution is -2.36. The predicted molar refractivity (Wildman–Crippen MR) is 91.6 cm³/mol. The maximum absolute atomic E-state index is 12.1. The van der Waals surface area contributed by atoms with E-state index in [1.54, 1.807) is 6.92 Å². The van der Waals surface area contributed by atoms with Gasteiger partial charge in [0.25, 0.3) is 5.91 Å². The second-order valence-corrected chi connectivity index (χ2v) is 5.15. The Labute approximate surface area is 155 Å². The first-order valence-corrected chi connectivity index (χ1v) is 8.04. The van der Waals surface area contributed by atoms with Gasteiger partial charge in [0.1, 0.15) is 0 Å². The minimum atomic E-state index is -0.907. The SMILES string of the molecule is CCOc1ccc(C(=O)OCC(=O)N(CCC#N)CCC#N)cc1[N+](=O)[O-]. The van der Waals surface area contributed by atoms with Crippen LogP contribution < -0.4 is 4.74 Å². The third kappa shape index (κ3) is 6.63. The van der Waals surface area contributed by atoms with Crippen molar-refractivity contribution >= 4 is 17.6 Å². The molecule has 142 valence electrons. The summed E-state index contributed by atoms with van der Waals surface area (Å²) in [6, 6.07) is 7.38. The van der Waals surface area contributed by atoms with E-state index in [0.29, 0.717) is 0 Å². The van der Waals surface area contributed by atoms with Gasteiger partial charge < -0.3 is 14.4 Å². The number of carbonyl (C=O) groups excluding carboxylic acids is 2. The average Bonchev–Trinajstić information content (AvgIpc) is 2.66. The number of hydrogen-bond donors (Lipinski definition) is 0. The quantitative estimate of drug-likeness (QED) is 0.342. The summed E-state index contributed by atoms with van der Waals surface area (Å²) in [5.41, 5.74) is -0.485. The molecular formula is C17H18N4O6. The molecule has 0 radical (unpaired) electrons. The second-order valence-electron chi connectivity index (χ2n) is 5.15. The van der Waals surface area contributed by atoms with E-state index < -0.39 is 23.4 Å². The van der Waals surface area contributed by atoms with E-state index in [9.17, 15) is 19.7 Å². The van der Waals surface area contributed by atoms with E-state index >= 15 is 0 Å². The lowest BCUT2D eigenvalue weighted by atomic mass is 10.2.